The van der Waals surface area contributed by atoms with E-state index in [-0.39, 0.29) is 5.91 Å². The number of carbonyl (C=O) groups excluding carboxylic acids is 1. The highest BCUT2D eigenvalue weighted by Gasteiger charge is 2.04. The van der Waals surface area contributed by atoms with Gasteiger partial charge in [-0.2, -0.15) is 5.10 Å². The van der Waals surface area contributed by atoms with Crippen LogP contribution in [0.15, 0.2) is 54.9 Å². The highest BCUT2D eigenvalue weighted by molar-refractivity contribution is 6.30. The molecule has 0 radical (unpaired) electrons. The van der Waals surface area contributed by atoms with Gasteiger partial charge in [-0.25, -0.2) is 4.52 Å². The minimum atomic E-state index is -0.0150. The number of carbonyl (C=O) groups is 1. The number of pyridine rings is 1. The summed E-state index contributed by atoms with van der Waals surface area (Å²) in [6.45, 7) is 0. The molecule has 106 valence electrons. The Morgan fingerprint density at radius 3 is 3.00 bits per heavy atom. The third kappa shape index (κ3) is 3.41. The molecule has 0 bridgehead atoms. The SMILES string of the molecule is O=C(CCc1cccc(Cl)c1)Nc1ccn2nccc2c1. The zero-order chi connectivity index (χ0) is 14.7. The average molecular weight is 300 g/mol. The normalized spacial score (nSPS) is 10.7. The lowest BCUT2D eigenvalue weighted by Gasteiger charge is -2.06. The molecule has 0 aliphatic carbocycles. The van der Waals surface area contributed by atoms with Crippen molar-refractivity contribution in [3.8, 4) is 0 Å². The molecule has 3 aromatic rings. The fourth-order valence-corrected chi connectivity index (χ4v) is 2.39. The number of aromatic nitrogens is 2. The van der Waals surface area contributed by atoms with Crippen molar-refractivity contribution in [3.63, 3.8) is 0 Å². The molecule has 4 nitrogen and oxygen atoms in total. The number of nitrogens with zero attached hydrogens (tertiary/aromatic N) is 2. The van der Waals surface area contributed by atoms with Crippen LogP contribution in [0.25, 0.3) is 5.52 Å². The van der Waals surface area contributed by atoms with Crippen molar-refractivity contribution < 1.29 is 4.79 Å². The second-order valence-corrected chi connectivity index (χ2v) is 5.23. The number of fused-ring (bicyclic) bond motifs is 1. The van der Waals surface area contributed by atoms with Gasteiger partial charge >= 0.3 is 0 Å². The summed E-state index contributed by atoms with van der Waals surface area (Å²) in [5.41, 5.74) is 2.78. The van der Waals surface area contributed by atoms with Crippen LogP contribution in [0.2, 0.25) is 5.02 Å². The van der Waals surface area contributed by atoms with E-state index in [1.165, 1.54) is 0 Å². The van der Waals surface area contributed by atoms with Gasteiger partial charge in [0.25, 0.3) is 0 Å². The zero-order valence-electron chi connectivity index (χ0n) is 11.3. The first-order valence-corrected chi connectivity index (χ1v) is 7.06. The van der Waals surface area contributed by atoms with Crippen molar-refractivity contribution >= 4 is 28.7 Å². The Morgan fingerprint density at radius 2 is 2.14 bits per heavy atom. The molecular weight excluding hydrogens is 286 g/mol. The molecule has 1 N–H and O–H groups in total. The molecule has 2 heterocycles. The number of nitrogens with one attached hydrogen (secondary N) is 1. The zero-order valence-corrected chi connectivity index (χ0v) is 12.0. The first kappa shape index (κ1) is 13.6. The van der Waals surface area contributed by atoms with Gasteiger partial charge in [0.15, 0.2) is 0 Å². The summed E-state index contributed by atoms with van der Waals surface area (Å²) in [6.07, 6.45) is 4.63. The lowest BCUT2D eigenvalue weighted by atomic mass is 10.1. The molecule has 21 heavy (non-hydrogen) atoms. The van der Waals surface area contributed by atoms with Gasteiger partial charge in [0.1, 0.15) is 0 Å². The van der Waals surface area contributed by atoms with E-state index in [1.54, 1.807) is 10.7 Å². The third-order valence-electron chi connectivity index (χ3n) is 3.21. The van der Waals surface area contributed by atoms with Crippen LogP contribution in [0.1, 0.15) is 12.0 Å². The van der Waals surface area contributed by atoms with Crippen LogP contribution in [0.3, 0.4) is 0 Å². The lowest BCUT2D eigenvalue weighted by molar-refractivity contribution is -0.116. The molecule has 0 aliphatic rings. The Labute approximate surface area is 127 Å². The molecule has 0 saturated carbocycles. The second kappa shape index (κ2) is 5.97. The molecule has 0 spiro atoms. The van der Waals surface area contributed by atoms with Gasteiger partial charge in [0.05, 0.1) is 5.52 Å². The molecule has 0 fully saturated rings. The van der Waals surface area contributed by atoms with Gasteiger partial charge in [-0.15, -0.1) is 0 Å². The van der Waals surface area contributed by atoms with Gasteiger partial charge in [0.2, 0.25) is 5.91 Å². The molecule has 0 atom stereocenters. The summed E-state index contributed by atoms with van der Waals surface area (Å²) in [6, 6.07) is 13.2. The van der Waals surface area contributed by atoms with Crippen LogP contribution in [-0.2, 0) is 11.2 Å². The van der Waals surface area contributed by atoms with E-state index in [9.17, 15) is 4.79 Å². The summed E-state index contributed by atoms with van der Waals surface area (Å²) in [5, 5.41) is 7.70. The molecule has 0 aliphatic heterocycles. The van der Waals surface area contributed by atoms with Gasteiger partial charge in [-0.3, -0.25) is 4.79 Å². The number of hydrogen-bond acceptors (Lipinski definition) is 2. The highest BCUT2D eigenvalue weighted by atomic mass is 35.5. The van der Waals surface area contributed by atoms with E-state index in [0.717, 1.165) is 16.8 Å². The molecule has 1 amide bonds. The number of amides is 1. The van der Waals surface area contributed by atoms with Crippen LogP contribution < -0.4 is 5.32 Å². The number of aryl methyl sites for hydroxylation is 1. The number of rotatable bonds is 4. The first-order valence-electron chi connectivity index (χ1n) is 6.68. The van der Waals surface area contributed by atoms with Crippen molar-refractivity contribution in [1.29, 1.82) is 0 Å². The maximum absolute atomic E-state index is 12.0. The molecular formula is C16H14ClN3O. The number of halogens is 1. The Bertz CT molecular complexity index is 782. The Hall–Kier alpha value is -2.33. The van der Waals surface area contributed by atoms with Crippen LogP contribution in [0.5, 0.6) is 0 Å². The fraction of sp³-hybridized carbons (Fsp3) is 0.125. The van der Waals surface area contributed by atoms with E-state index in [2.05, 4.69) is 10.4 Å². The van der Waals surface area contributed by atoms with Crippen LogP contribution in [-0.4, -0.2) is 15.5 Å². The van der Waals surface area contributed by atoms with Gasteiger partial charge in [0, 0.05) is 29.5 Å². The standard InChI is InChI=1S/C16H14ClN3O/c17-13-3-1-2-12(10-13)4-5-16(21)19-14-7-9-20-15(11-14)6-8-18-20/h1-3,6-11H,4-5H2,(H,19,21). The van der Waals surface area contributed by atoms with Crippen molar-refractivity contribution in [3.05, 3.63) is 65.4 Å². The van der Waals surface area contributed by atoms with Crippen molar-refractivity contribution in [2.75, 3.05) is 5.32 Å². The van der Waals surface area contributed by atoms with E-state index in [0.29, 0.717) is 17.9 Å². The Balaban J connectivity index is 1.60. The average Bonchev–Trinajstić information content (AvgIpc) is 2.93. The predicted octanol–water partition coefficient (Wildman–Crippen LogP) is 3.56. The molecule has 1 aromatic carbocycles. The van der Waals surface area contributed by atoms with Crippen LogP contribution in [0, 0.1) is 0 Å². The molecule has 0 saturated heterocycles. The maximum atomic E-state index is 12.0. The lowest BCUT2D eigenvalue weighted by Crippen LogP contribution is -2.12. The number of benzene rings is 1. The van der Waals surface area contributed by atoms with Crippen LogP contribution in [0.4, 0.5) is 5.69 Å². The molecule has 2 aromatic heterocycles. The van der Waals surface area contributed by atoms with E-state index < -0.39 is 0 Å². The minimum Gasteiger partial charge on any atom is -0.326 e. The third-order valence-corrected chi connectivity index (χ3v) is 3.45. The summed E-state index contributed by atoms with van der Waals surface area (Å²) in [5.74, 6) is -0.0150. The van der Waals surface area contributed by atoms with Gasteiger partial charge < -0.3 is 5.32 Å². The van der Waals surface area contributed by atoms with Gasteiger partial charge in [-0.1, -0.05) is 23.7 Å². The van der Waals surface area contributed by atoms with E-state index in [4.69, 9.17) is 11.6 Å². The summed E-state index contributed by atoms with van der Waals surface area (Å²) in [7, 11) is 0. The predicted molar refractivity (Wildman–Crippen MR) is 83.6 cm³/mol. The summed E-state index contributed by atoms with van der Waals surface area (Å²) >= 11 is 5.93. The first-order chi connectivity index (χ1) is 10.2. The second-order valence-electron chi connectivity index (χ2n) is 4.79. The minimum absolute atomic E-state index is 0.0150. The maximum Gasteiger partial charge on any atom is 0.224 e. The van der Waals surface area contributed by atoms with E-state index >= 15 is 0 Å². The van der Waals surface area contributed by atoms with E-state index in [1.807, 2.05) is 48.7 Å². The summed E-state index contributed by atoms with van der Waals surface area (Å²) in [4.78, 5) is 12.0. The monoisotopic (exact) mass is 299 g/mol. The summed E-state index contributed by atoms with van der Waals surface area (Å²) < 4.78 is 1.75. The number of hydrogen-bond donors (Lipinski definition) is 1. The number of anilines is 1. The molecule has 0 unspecified atom stereocenters. The Morgan fingerprint density at radius 1 is 1.24 bits per heavy atom. The quantitative estimate of drug-likeness (QED) is 0.800. The van der Waals surface area contributed by atoms with Crippen molar-refractivity contribution in [2.24, 2.45) is 0 Å². The molecule has 5 heteroatoms. The fourth-order valence-electron chi connectivity index (χ4n) is 2.17. The smallest absolute Gasteiger partial charge is 0.224 e. The largest absolute Gasteiger partial charge is 0.326 e. The van der Waals surface area contributed by atoms with Gasteiger partial charge in [-0.05, 0) is 42.3 Å². The van der Waals surface area contributed by atoms with Crippen LogP contribution >= 0.6 is 11.6 Å². The van der Waals surface area contributed by atoms with Crippen molar-refractivity contribution in [1.82, 2.24) is 9.61 Å². The Kier molecular flexibility index (Phi) is 3.88. The highest BCUT2D eigenvalue weighted by Crippen LogP contribution is 2.14. The molecule has 3 rings (SSSR count). The topological polar surface area (TPSA) is 46.4 Å². The van der Waals surface area contributed by atoms with Crippen molar-refractivity contribution in [2.45, 2.75) is 12.8 Å².